The summed E-state index contributed by atoms with van der Waals surface area (Å²) in [4.78, 5) is 0. The van der Waals surface area contributed by atoms with E-state index in [1.165, 1.54) is 31.2 Å². The van der Waals surface area contributed by atoms with Crippen LogP contribution in [-0.2, 0) is 19.3 Å². The van der Waals surface area contributed by atoms with Crippen molar-refractivity contribution in [2.24, 2.45) is 0 Å². The fraction of sp³-hybridized carbons (Fsp3) is 0.529. The Balaban J connectivity index is 1.99. The van der Waals surface area contributed by atoms with E-state index in [1.54, 1.807) is 11.1 Å². The molecule has 18 heavy (non-hydrogen) atoms. The predicted octanol–water partition coefficient (Wildman–Crippen LogP) is 3.66. The number of nitrogens with one attached hydrogen (secondary N) is 1. The zero-order valence-corrected chi connectivity index (χ0v) is 11.5. The molecule has 0 heterocycles. The van der Waals surface area contributed by atoms with Crippen LogP contribution in [0.5, 0.6) is 0 Å². The number of aryl methyl sites for hydroxylation is 2. The van der Waals surface area contributed by atoms with Gasteiger partial charge in [-0.1, -0.05) is 31.2 Å². The lowest BCUT2D eigenvalue weighted by Gasteiger charge is -2.17. The van der Waals surface area contributed by atoms with Crippen LogP contribution in [0.2, 0.25) is 0 Å². The second-order valence-corrected chi connectivity index (χ2v) is 5.34. The molecule has 1 aliphatic rings. The van der Waals surface area contributed by atoms with Gasteiger partial charge in [-0.3, -0.25) is 0 Å². The van der Waals surface area contributed by atoms with Crippen molar-refractivity contribution in [1.29, 1.82) is 0 Å². The molecular formula is C17H25N. The third kappa shape index (κ3) is 3.46. The fourth-order valence-corrected chi connectivity index (χ4v) is 2.83. The van der Waals surface area contributed by atoms with Crippen LogP contribution in [0.3, 0.4) is 0 Å². The summed E-state index contributed by atoms with van der Waals surface area (Å²) < 4.78 is 0. The van der Waals surface area contributed by atoms with Crippen LogP contribution < -0.4 is 5.32 Å². The third-order valence-corrected chi connectivity index (χ3v) is 3.78. The van der Waals surface area contributed by atoms with Crippen molar-refractivity contribution in [2.45, 2.75) is 51.5 Å². The van der Waals surface area contributed by atoms with Gasteiger partial charge in [0.25, 0.3) is 0 Å². The van der Waals surface area contributed by atoms with Crippen LogP contribution in [-0.4, -0.2) is 12.6 Å². The number of benzene rings is 1. The van der Waals surface area contributed by atoms with Gasteiger partial charge in [-0.15, -0.1) is 6.58 Å². The Hall–Kier alpha value is -1.08. The van der Waals surface area contributed by atoms with Crippen LogP contribution in [0.4, 0.5) is 0 Å². The first-order chi connectivity index (χ1) is 8.83. The van der Waals surface area contributed by atoms with Crippen LogP contribution in [0.15, 0.2) is 30.9 Å². The van der Waals surface area contributed by atoms with E-state index in [0.29, 0.717) is 6.04 Å². The van der Waals surface area contributed by atoms with Crippen molar-refractivity contribution < 1.29 is 0 Å². The van der Waals surface area contributed by atoms with E-state index >= 15 is 0 Å². The van der Waals surface area contributed by atoms with Gasteiger partial charge in [0, 0.05) is 6.04 Å². The Bertz CT molecular complexity index is 395. The van der Waals surface area contributed by atoms with E-state index in [2.05, 4.69) is 37.0 Å². The minimum absolute atomic E-state index is 0.543. The summed E-state index contributed by atoms with van der Waals surface area (Å²) in [6.45, 7) is 7.18. The van der Waals surface area contributed by atoms with Crippen LogP contribution in [0, 0.1) is 0 Å². The molecule has 1 aromatic rings. The molecule has 0 saturated carbocycles. The SMILES string of the molecule is C=CCC(Cc1ccc2c(c1)CCC2)NCCC. The zero-order chi connectivity index (χ0) is 12.8. The molecule has 0 aromatic heterocycles. The molecule has 0 radical (unpaired) electrons. The Morgan fingerprint density at radius 3 is 2.94 bits per heavy atom. The molecular weight excluding hydrogens is 218 g/mol. The second-order valence-electron chi connectivity index (χ2n) is 5.34. The minimum Gasteiger partial charge on any atom is -0.313 e. The number of fused-ring (bicyclic) bond motifs is 1. The summed E-state index contributed by atoms with van der Waals surface area (Å²) in [6.07, 6.45) is 9.29. The Labute approximate surface area is 111 Å². The van der Waals surface area contributed by atoms with Gasteiger partial charge in [0.1, 0.15) is 0 Å². The molecule has 0 fully saturated rings. The van der Waals surface area contributed by atoms with Crippen molar-refractivity contribution in [1.82, 2.24) is 5.32 Å². The first-order valence-electron chi connectivity index (χ1n) is 7.28. The summed E-state index contributed by atoms with van der Waals surface area (Å²) in [6, 6.07) is 7.62. The highest BCUT2D eigenvalue weighted by atomic mass is 14.9. The standard InChI is InChI=1S/C17H25N/c1-3-6-17(18-11-4-2)13-14-9-10-15-7-5-8-16(15)12-14/h3,9-10,12,17-18H,1,4-8,11,13H2,2H3. The summed E-state index contributed by atoms with van der Waals surface area (Å²) in [7, 11) is 0. The third-order valence-electron chi connectivity index (χ3n) is 3.78. The highest BCUT2D eigenvalue weighted by molar-refractivity contribution is 5.35. The molecule has 0 bridgehead atoms. The topological polar surface area (TPSA) is 12.0 Å². The molecule has 1 unspecified atom stereocenters. The summed E-state index contributed by atoms with van der Waals surface area (Å²) in [5.41, 5.74) is 4.63. The van der Waals surface area contributed by atoms with Gasteiger partial charge < -0.3 is 5.32 Å². The zero-order valence-electron chi connectivity index (χ0n) is 11.5. The normalized spacial score (nSPS) is 15.4. The van der Waals surface area contributed by atoms with Gasteiger partial charge in [0.15, 0.2) is 0 Å². The molecule has 1 atom stereocenters. The van der Waals surface area contributed by atoms with E-state index < -0.39 is 0 Å². The molecule has 1 aliphatic carbocycles. The van der Waals surface area contributed by atoms with Crippen molar-refractivity contribution >= 4 is 0 Å². The molecule has 1 N–H and O–H groups in total. The minimum atomic E-state index is 0.543. The first-order valence-corrected chi connectivity index (χ1v) is 7.28. The molecule has 98 valence electrons. The maximum absolute atomic E-state index is 3.87. The molecule has 1 heteroatoms. The second kappa shape index (κ2) is 6.75. The van der Waals surface area contributed by atoms with Crippen molar-refractivity contribution in [3.8, 4) is 0 Å². The van der Waals surface area contributed by atoms with Crippen LogP contribution >= 0.6 is 0 Å². The monoisotopic (exact) mass is 243 g/mol. The van der Waals surface area contributed by atoms with E-state index in [4.69, 9.17) is 0 Å². The largest absolute Gasteiger partial charge is 0.313 e. The maximum atomic E-state index is 3.87. The molecule has 0 spiro atoms. The van der Waals surface area contributed by atoms with Gasteiger partial charge in [0.2, 0.25) is 0 Å². The molecule has 1 aromatic carbocycles. The Morgan fingerprint density at radius 1 is 1.33 bits per heavy atom. The average Bonchev–Trinajstić information content (AvgIpc) is 2.83. The van der Waals surface area contributed by atoms with E-state index in [0.717, 1.165) is 19.4 Å². The first kappa shape index (κ1) is 13.4. The summed E-state index contributed by atoms with van der Waals surface area (Å²) in [5, 5.41) is 3.62. The van der Waals surface area contributed by atoms with Gasteiger partial charge in [-0.05, 0) is 61.8 Å². The molecule has 0 saturated heterocycles. The molecule has 2 rings (SSSR count). The quantitative estimate of drug-likeness (QED) is 0.721. The lowest BCUT2D eigenvalue weighted by Crippen LogP contribution is -2.31. The Morgan fingerprint density at radius 2 is 2.17 bits per heavy atom. The number of hydrogen-bond donors (Lipinski definition) is 1. The average molecular weight is 243 g/mol. The predicted molar refractivity (Wildman–Crippen MR) is 79.1 cm³/mol. The smallest absolute Gasteiger partial charge is 0.0142 e. The van der Waals surface area contributed by atoms with E-state index in [-0.39, 0.29) is 0 Å². The fourth-order valence-electron chi connectivity index (χ4n) is 2.83. The highest BCUT2D eigenvalue weighted by Gasteiger charge is 2.12. The van der Waals surface area contributed by atoms with E-state index in [9.17, 15) is 0 Å². The van der Waals surface area contributed by atoms with Crippen LogP contribution in [0.1, 0.15) is 42.9 Å². The summed E-state index contributed by atoms with van der Waals surface area (Å²) in [5.74, 6) is 0. The lowest BCUT2D eigenvalue weighted by molar-refractivity contribution is 0.512. The van der Waals surface area contributed by atoms with Crippen molar-refractivity contribution in [3.63, 3.8) is 0 Å². The number of hydrogen-bond acceptors (Lipinski definition) is 1. The number of rotatable bonds is 7. The maximum Gasteiger partial charge on any atom is 0.0142 e. The lowest BCUT2D eigenvalue weighted by atomic mass is 9.99. The van der Waals surface area contributed by atoms with Gasteiger partial charge in [-0.2, -0.15) is 0 Å². The molecule has 0 amide bonds. The van der Waals surface area contributed by atoms with E-state index in [1.807, 2.05) is 6.08 Å². The van der Waals surface area contributed by atoms with Crippen molar-refractivity contribution in [2.75, 3.05) is 6.54 Å². The molecule has 0 aliphatic heterocycles. The highest BCUT2D eigenvalue weighted by Crippen LogP contribution is 2.23. The molecule has 1 nitrogen and oxygen atoms in total. The van der Waals surface area contributed by atoms with Gasteiger partial charge in [0.05, 0.1) is 0 Å². The van der Waals surface area contributed by atoms with Gasteiger partial charge >= 0.3 is 0 Å². The van der Waals surface area contributed by atoms with Gasteiger partial charge in [-0.25, -0.2) is 0 Å². The van der Waals surface area contributed by atoms with Crippen LogP contribution in [0.25, 0.3) is 0 Å². The van der Waals surface area contributed by atoms with Crippen molar-refractivity contribution in [3.05, 3.63) is 47.5 Å². The Kier molecular flexibility index (Phi) is 5.00. The summed E-state index contributed by atoms with van der Waals surface area (Å²) >= 11 is 0.